The van der Waals surface area contributed by atoms with Crippen molar-refractivity contribution in [3.63, 3.8) is 0 Å². The van der Waals surface area contributed by atoms with Crippen LogP contribution in [0.15, 0.2) is 0 Å². The summed E-state index contributed by atoms with van der Waals surface area (Å²) in [5.74, 6) is 0.831. The van der Waals surface area contributed by atoms with Crippen molar-refractivity contribution in [2.45, 2.75) is 355 Å². The second-order valence-electron chi connectivity index (χ2n) is 22.3. The van der Waals surface area contributed by atoms with E-state index in [1.165, 1.54) is 238 Å². The van der Waals surface area contributed by atoms with Gasteiger partial charge in [0.05, 0.1) is 0 Å². The summed E-state index contributed by atoms with van der Waals surface area (Å²) in [7, 11) is 0. The SMILES string of the molecule is CCCCCCCCCCCCCCCCCCCC(=O)O[C@H](COC(=O)CCCCCCCCCCCCCCCCCCCCC(C)C)COC(=O)CCCCCCCCCCCC(C)C. The van der Waals surface area contributed by atoms with Crippen LogP contribution in [-0.2, 0) is 28.6 Å². The van der Waals surface area contributed by atoms with E-state index >= 15 is 0 Å². The minimum Gasteiger partial charge on any atom is -0.462 e. The molecule has 0 spiro atoms. The summed E-state index contributed by atoms with van der Waals surface area (Å²) in [5.41, 5.74) is 0. The summed E-state index contributed by atoms with van der Waals surface area (Å²) < 4.78 is 16.9. The summed E-state index contributed by atoms with van der Waals surface area (Å²) in [6, 6.07) is 0. The average Bonchev–Trinajstić information content (AvgIpc) is 3.31. The zero-order chi connectivity index (χ0) is 49.6. The summed E-state index contributed by atoms with van der Waals surface area (Å²) in [4.78, 5) is 38.2. The van der Waals surface area contributed by atoms with E-state index in [-0.39, 0.29) is 31.1 Å². The van der Waals surface area contributed by atoms with Gasteiger partial charge in [-0.2, -0.15) is 0 Å². The smallest absolute Gasteiger partial charge is 0.306 e. The van der Waals surface area contributed by atoms with Crippen molar-refractivity contribution in [1.29, 1.82) is 0 Å². The Hall–Kier alpha value is -1.59. The van der Waals surface area contributed by atoms with Crippen LogP contribution in [-0.4, -0.2) is 37.2 Å². The minimum absolute atomic E-state index is 0.0625. The second kappa shape index (κ2) is 54.7. The predicted molar refractivity (Wildman–Crippen MR) is 293 cm³/mol. The first-order chi connectivity index (χ1) is 33.2. The Kier molecular flexibility index (Phi) is 53.5. The van der Waals surface area contributed by atoms with Crippen molar-refractivity contribution in [1.82, 2.24) is 0 Å². The molecule has 0 aromatic heterocycles. The topological polar surface area (TPSA) is 78.9 Å². The molecule has 0 saturated carbocycles. The molecule has 0 amide bonds. The maximum Gasteiger partial charge on any atom is 0.306 e. The van der Waals surface area contributed by atoms with Gasteiger partial charge in [-0.15, -0.1) is 0 Å². The van der Waals surface area contributed by atoms with Gasteiger partial charge in [-0.05, 0) is 31.1 Å². The van der Waals surface area contributed by atoms with Gasteiger partial charge in [-0.3, -0.25) is 14.4 Å². The molecule has 0 aliphatic rings. The molecule has 6 nitrogen and oxygen atoms in total. The maximum absolute atomic E-state index is 12.9. The standard InChI is InChI=1S/C62H120O6/c1-6-7-8-9-10-11-12-13-14-17-22-25-28-33-39-44-49-54-62(65)68-59(56-67-61(64)53-48-43-38-34-29-31-36-41-46-51-58(4)5)55-66-60(63)52-47-42-37-32-27-24-21-19-16-15-18-20-23-26-30-35-40-45-50-57(2)3/h57-59H,6-56H2,1-5H3/t59-/m1/s1. The normalized spacial score (nSPS) is 12.0. The molecule has 0 saturated heterocycles. The van der Waals surface area contributed by atoms with Crippen molar-refractivity contribution in [3.8, 4) is 0 Å². The molecule has 0 radical (unpaired) electrons. The van der Waals surface area contributed by atoms with E-state index in [9.17, 15) is 14.4 Å². The average molecular weight is 962 g/mol. The minimum atomic E-state index is -0.763. The second-order valence-corrected chi connectivity index (χ2v) is 22.3. The third-order valence-electron chi connectivity index (χ3n) is 14.2. The molecule has 0 aliphatic carbocycles. The first-order valence-corrected chi connectivity index (χ1v) is 30.7. The number of hydrogen-bond donors (Lipinski definition) is 0. The number of ether oxygens (including phenoxy) is 3. The number of unbranched alkanes of at least 4 members (excludes halogenated alkanes) is 41. The highest BCUT2D eigenvalue weighted by Crippen LogP contribution is 2.19. The number of carbonyl (C=O) groups is 3. The van der Waals surface area contributed by atoms with Crippen LogP contribution >= 0.6 is 0 Å². The first-order valence-electron chi connectivity index (χ1n) is 30.7. The Morgan fingerprint density at radius 1 is 0.279 bits per heavy atom. The molecule has 0 aliphatic heterocycles. The fraction of sp³-hybridized carbons (Fsp3) is 0.952. The van der Waals surface area contributed by atoms with Crippen LogP contribution in [0, 0.1) is 11.8 Å². The molecule has 0 unspecified atom stereocenters. The quantitative estimate of drug-likeness (QED) is 0.0343. The van der Waals surface area contributed by atoms with Crippen LogP contribution in [0.1, 0.15) is 349 Å². The monoisotopic (exact) mass is 961 g/mol. The lowest BCUT2D eigenvalue weighted by Gasteiger charge is -2.18. The van der Waals surface area contributed by atoms with Gasteiger partial charge in [0.1, 0.15) is 13.2 Å². The Bertz CT molecular complexity index is 1040. The van der Waals surface area contributed by atoms with E-state index in [0.717, 1.165) is 69.6 Å². The van der Waals surface area contributed by atoms with E-state index < -0.39 is 6.10 Å². The lowest BCUT2D eigenvalue weighted by atomic mass is 10.0. The molecule has 0 rings (SSSR count). The number of hydrogen-bond acceptors (Lipinski definition) is 6. The van der Waals surface area contributed by atoms with Crippen molar-refractivity contribution in [2.24, 2.45) is 11.8 Å². The van der Waals surface area contributed by atoms with Gasteiger partial charge in [-0.25, -0.2) is 0 Å². The molecular formula is C62H120O6. The van der Waals surface area contributed by atoms with E-state index in [0.29, 0.717) is 19.3 Å². The Labute approximate surface area is 425 Å². The van der Waals surface area contributed by atoms with Crippen LogP contribution in [0.4, 0.5) is 0 Å². The zero-order valence-corrected chi connectivity index (χ0v) is 46.7. The van der Waals surface area contributed by atoms with Gasteiger partial charge in [0.15, 0.2) is 6.10 Å². The van der Waals surface area contributed by atoms with Crippen LogP contribution < -0.4 is 0 Å². The molecule has 404 valence electrons. The zero-order valence-electron chi connectivity index (χ0n) is 46.7. The Morgan fingerprint density at radius 3 is 0.721 bits per heavy atom. The van der Waals surface area contributed by atoms with Gasteiger partial charge < -0.3 is 14.2 Å². The Morgan fingerprint density at radius 2 is 0.485 bits per heavy atom. The van der Waals surface area contributed by atoms with E-state index in [2.05, 4.69) is 34.6 Å². The van der Waals surface area contributed by atoms with Gasteiger partial charge >= 0.3 is 17.9 Å². The van der Waals surface area contributed by atoms with Crippen molar-refractivity contribution in [2.75, 3.05) is 13.2 Å². The molecule has 0 fully saturated rings. The lowest BCUT2D eigenvalue weighted by Crippen LogP contribution is -2.30. The highest BCUT2D eigenvalue weighted by atomic mass is 16.6. The van der Waals surface area contributed by atoms with Crippen molar-refractivity contribution < 1.29 is 28.6 Å². The highest BCUT2D eigenvalue weighted by molar-refractivity contribution is 5.71. The third kappa shape index (κ3) is 55.3. The van der Waals surface area contributed by atoms with E-state index in [1.807, 2.05) is 0 Å². The fourth-order valence-corrected chi connectivity index (χ4v) is 9.58. The molecule has 0 aromatic rings. The first kappa shape index (κ1) is 66.4. The fourth-order valence-electron chi connectivity index (χ4n) is 9.58. The summed E-state index contributed by atoms with van der Waals surface area (Å²) >= 11 is 0. The largest absolute Gasteiger partial charge is 0.462 e. The van der Waals surface area contributed by atoms with Gasteiger partial charge in [0.2, 0.25) is 0 Å². The molecule has 1 atom stereocenters. The molecule has 0 N–H and O–H groups in total. The van der Waals surface area contributed by atoms with Crippen molar-refractivity contribution >= 4 is 17.9 Å². The van der Waals surface area contributed by atoms with Crippen LogP contribution in [0.2, 0.25) is 0 Å². The van der Waals surface area contributed by atoms with E-state index in [1.54, 1.807) is 0 Å². The molecule has 0 heterocycles. The summed E-state index contributed by atoms with van der Waals surface area (Å²) in [5, 5.41) is 0. The molecule has 6 heteroatoms. The number of esters is 3. The number of carbonyl (C=O) groups excluding carboxylic acids is 3. The van der Waals surface area contributed by atoms with Crippen LogP contribution in [0.5, 0.6) is 0 Å². The Balaban J connectivity index is 4.24. The van der Waals surface area contributed by atoms with Crippen molar-refractivity contribution in [3.05, 3.63) is 0 Å². The predicted octanol–water partition coefficient (Wildman–Crippen LogP) is 20.4. The van der Waals surface area contributed by atoms with Gasteiger partial charge in [0, 0.05) is 19.3 Å². The molecule has 0 aromatic carbocycles. The lowest BCUT2D eigenvalue weighted by molar-refractivity contribution is -0.167. The molecular weight excluding hydrogens is 841 g/mol. The van der Waals surface area contributed by atoms with Gasteiger partial charge in [-0.1, -0.05) is 311 Å². The molecule has 0 bridgehead atoms. The highest BCUT2D eigenvalue weighted by Gasteiger charge is 2.19. The van der Waals surface area contributed by atoms with Crippen LogP contribution in [0.25, 0.3) is 0 Å². The van der Waals surface area contributed by atoms with Crippen LogP contribution in [0.3, 0.4) is 0 Å². The molecule has 68 heavy (non-hydrogen) atoms. The van der Waals surface area contributed by atoms with Gasteiger partial charge in [0.25, 0.3) is 0 Å². The summed E-state index contributed by atoms with van der Waals surface area (Å²) in [6.07, 6.45) is 59.6. The van der Waals surface area contributed by atoms with E-state index in [4.69, 9.17) is 14.2 Å². The maximum atomic E-state index is 12.9. The third-order valence-corrected chi connectivity index (χ3v) is 14.2. The number of rotatable bonds is 56. The summed E-state index contributed by atoms with van der Waals surface area (Å²) in [6.45, 7) is 11.4.